The van der Waals surface area contributed by atoms with Crippen molar-refractivity contribution < 1.29 is 9.53 Å². The average Bonchev–Trinajstić information content (AvgIpc) is 2.12. The molecule has 2 heteroatoms. The lowest BCUT2D eigenvalue weighted by atomic mass is 10.1. The van der Waals surface area contributed by atoms with Gasteiger partial charge in [-0.3, -0.25) is 4.79 Å². The van der Waals surface area contributed by atoms with Gasteiger partial charge in [0.2, 0.25) is 0 Å². The molecule has 0 amide bonds. The highest BCUT2D eigenvalue weighted by molar-refractivity contribution is 5.71. The van der Waals surface area contributed by atoms with Gasteiger partial charge >= 0.3 is 5.97 Å². The fraction of sp³-hybridized carbons (Fsp3) is 0.917. The normalized spacial score (nSPS) is 12.9. The van der Waals surface area contributed by atoms with Crippen LogP contribution in [0.3, 0.4) is 0 Å². The van der Waals surface area contributed by atoms with Gasteiger partial charge < -0.3 is 4.74 Å². The highest BCUT2D eigenvalue weighted by Crippen LogP contribution is 2.09. The van der Waals surface area contributed by atoms with Crippen LogP contribution in [0.15, 0.2) is 0 Å². The van der Waals surface area contributed by atoms with Crippen molar-refractivity contribution in [2.45, 2.75) is 65.9 Å². The van der Waals surface area contributed by atoms with Crippen LogP contribution in [-0.2, 0) is 9.53 Å². The minimum absolute atomic E-state index is 0.00640. The summed E-state index contributed by atoms with van der Waals surface area (Å²) in [4.78, 5) is 11.2. The number of hydrogen-bond donors (Lipinski definition) is 0. The zero-order valence-electron chi connectivity index (χ0n) is 10.0. The lowest BCUT2D eigenvalue weighted by Crippen LogP contribution is -2.18. The third-order valence-electron chi connectivity index (χ3n) is 2.25. The summed E-state index contributed by atoms with van der Waals surface area (Å²) in [5.74, 6) is -0.0823. The fourth-order valence-corrected chi connectivity index (χ4v) is 1.25. The van der Waals surface area contributed by atoms with Crippen LogP contribution in [0.4, 0.5) is 0 Å². The van der Waals surface area contributed by atoms with Crippen LogP contribution in [0.1, 0.15) is 59.8 Å². The summed E-state index contributed by atoms with van der Waals surface area (Å²) in [7, 11) is 0. The first kappa shape index (κ1) is 13.5. The predicted molar refractivity (Wildman–Crippen MR) is 59.2 cm³/mol. The molecule has 0 fully saturated rings. The molecule has 0 N–H and O–H groups in total. The van der Waals surface area contributed by atoms with Crippen molar-refractivity contribution in [2.75, 3.05) is 0 Å². The molecule has 0 aromatic heterocycles. The maximum Gasteiger partial charge on any atom is 0.308 e. The van der Waals surface area contributed by atoms with E-state index < -0.39 is 0 Å². The maximum atomic E-state index is 11.2. The lowest BCUT2D eigenvalue weighted by molar-refractivity contribution is -0.152. The van der Waals surface area contributed by atoms with Crippen LogP contribution in [0.2, 0.25) is 0 Å². The molecule has 0 saturated heterocycles. The molecule has 0 aromatic carbocycles. The Morgan fingerprint density at radius 2 is 1.79 bits per heavy atom. The van der Waals surface area contributed by atoms with Crippen LogP contribution in [-0.4, -0.2) is 12.1 Å². The second kappa shape index (κ2) is 7.84. The Balaban J connectivity index is 3.45. The third-order valence-corrected chi connectivity index (χ3v) is 2.25. The first-order chi connectivity index (χ1) is 6.57. The molecule has 84 valence electrons. The summed E-state index contributed by atoms with van der Waals surface area (Å²) in [6.07, 6.45) is 6.03. The van der Waals surface area contributed by atoms with E-state index in [4.69, 9.17) is 4.74 Å². The average molecular weight is 200 g/mol. The highest BCUT2D eigenvalue weighted by Gasteiger charge is 2.12. The molecule has 0 radical (unpaired) electrons. The number of rotatable bonds is 7. The van der Waals surface area contributed by atoms with Crippen molar-refractivity contribution in [2.24, 2.45) is 5.92 Å². The van der Waals surface area contributed by atoms with E-state index in [2.05, 4.69) is 6.92 Å². The van der Waals surface area contributed by atoms with E-state index >= 15 is 0 Å². The minimum atomic E-state index is -0.0759. The van der Waals surface area contributed by atoms with Gasteiger partial charge in [0.1, 0.15) is 0 Å². The van der Waals surface area contributed by atoms with Gasteiger partial charge in [-0.25, -0.2) is 0 Å². The second-order valence-corrected chi connectivity index (χ2v) is 4.25. The van der Waals surface area contributed by atoms with Crippen molar-refractivity contribution in [3.8, 4) is 0 Å². The standard InChI is InChI=1S/C12H24O2/c1-5-6-7-8-9-11(4)14-12(13)10(2)3/h10-11H,5-9H2,1-4H3. The van der Waals surface area contributed by atoms with Crippen molar-refractivity contribution >= 4 is 5.97 Å². The van der Waals surface area contributed by atoms with Crippen molar-refractivity contribution in [1.29, 1.82) is 0 Å². The summed E-state index contributed by atoms with van der Waals surface area (Å²) >= 11 is 0. The quantitative estimate of drug-likeness (QED) is 0.464. The first-order valence-electron chi connectivity index (χ1n) is 5.78. The van der Waals surface area contributed by atoms with E-state index in [0.717, 1.165) is 6.42 Å². The van der Waals surface area contributed by atoms with Gasteiger partial charge in [0.25, 0.3) is 0 Å². The molecule has 1 unspecified atom stereocenters. The topological polar surface area (TPSA) is 26.3 Å². The minimum Gasteiger partial charge on any atom is -0.462 e. The molecule has 0 saturated carbocycles. The molecule has 0 heterocycles. The summed E-state index contributed by atoms with van der Waals surface area (Å²) in [6, 6.07) is 0. The number of carbonyl (C=O) groups is 1. The van der Waals surface area contributed by atoms with Crippen LogP contribution in [0.5, 0.6) is 0 Å². The summed E-state index contributed by atoms with van der Waals surface area (Å²) in [5.41, 5.74) is 0. The molecule has 0 bridgehead atoms. The number of esters is 1. The smallest absolute Gasteiger partial charge is 0.308 e. The Labute approximate surface area is 88.0 Å². The first-order valence-corrected chi connectivity index (χ1v) is 5.78. The third kappa shape index (κ3) is 6.93. The maximum absolute atomic E-state index is 11.2. The largest absolute Gasteiger partial charge is 0.462 e. The molecule has 0 aliphatic rings. The molecule has 0 spiro atoms. The molecule has 1 atom stereocenters. The summed E-state index contributed by atoms with van der Waals surface area (Å²) < 4.78 is 5.25. The van der Waals surface area contributed by atoms with E-state index in [0.29, 0.717) is 0 Å². The zero-order chi connectivity index (χ0) is 11.0. The summed E-state index contributed by atoms with van der Waals surface area (Å²) in [6.45, 7) is 7.91. The molecule has 0 aliphatic heterocycles. The van der Waals surface area contributed by atoms with E-state index in [1.807, 2.05) is 20.8 Å². The van der Waals surface area contributed by atoms with Gasteiger partial charge in [-0.2, -0.15) is 0 Å². The fourth-order valence-electron chi connectivity index (χ4n) is 1.25. The molecular formula is C12H24O2. The number of unbranched alkanes of at least 4 members (excludes halogenated alkanes) is 3. The summed E-state index contributed by atoms with van der Waals surface area (Å²) in [5, 5.41) is 0. The Bertz CT molecular complexity index is 152. The van der Waals surface area contributed by atoms with E-state index in [1.54, 1.807) is 0 Å². The van der Waals surface area contributed by atoms with Gasteiger partial charge in [0.05, 0.1) is 12.0 Å². The molecule has 0 aromatic rings. The van der Waals surface area contributed by atoms with Gasteiger partial charge in [-0.15, -0.1) is 0 Å². The highest BCUT2D eigenvalue weighted by atomic mass is 16.5. The van der Waals surface area contributed by atoms with Crippen LogP contribution < -0.4 is 0 Å². The number of ether oxygens (including phenoxy) is 1. The van der Waals surface area contributed by atoms with Crippen molar-refractivity contribution in [3.63, 3.8) is 0 Å². The Hall–Kier alpha value is -0.530. The molecular weight excluding hydrogens is 176 g/mol. The van der Waals surface area contributed by atoms with Gasteiger partial charge in [0.15, 0.2) is 0 Å². The van der Waals surface area contributed by atoms with Gasteiger partial charge in [-0.05, 0) is 19.8 Å². The molecule has 14 heavy (non-hydrogen) atoms. The zero-order valence-corrected chi connectivity index (χ0v) is 10.0. The van der Waals surface area contributed by atoms with Crippen molar-refractivity contribution in [1.82, 2.24) is 0 Å². The number of carbonyl (C=O) groups excluding carboxylic acids is 1. The molecule has 0 aliphatic carbocycles. The Morgan fingerprint density at radius 1 is 1.14 bits per heavy atom. The van der Waals surface area contributed by atoms with Crippen LogP contribution >= 0.6 is 0 Å². The van der Waals surface area contributed by atoms with Crippen LogP contribution in [0, 0.1) is 5.92 Å². The van der Waals surface area contributed by atoms with E-state index in [9.17, 15) is 4.79 Å². The second-order valence-electron chi connectivity index (χ2n) is 4.25. The Kier molecular flexibility index (Phi) is 7.54. The van der Waals surface area contributed by atoms with E-state index in [1.165, 1.54) is 25.7 Å². The van der Waals surface area contributed by atoms with E-state index in [-0.39, 0.29) is 18.0 Å². The van der Waals surface area contributed by atoms with Crippen LogP contribution in [0.25, 0.3) is 0 Å². The Morgan fingerprint density at radius 3 is 2.29 bits per heavy atom. The monoisotopic (exact) mass is 200 g/mol. The lowest BCUT2D eigenvalue weighted by Gasteiger charge is -2.14. The van der Waals surface area contributed by atoms with Crippen molar-refractivity contribution in [3.05, 3.63) is 0 Å². The predicted octanol–water partition coefficient (Wildman–Crippen LogP) is 3.54. The van der Waals surface area contributed by atoms with Gasteiger partial charge in [-0.1, -0.05) is 40.0 Å². The SMILES string of the molecule is CCCCCCC(C)OC(=O)C(C)C. The van der Waals surface area contributed by atoms with Gasteiger partial charge in [0, 0.05) is 0 Å². The molecule has 0 rings (SSSR count). The molecule has 2 nitrogen and oxygen atoms in total. The number of hydrogen-bond acceptors (Lipinski definition) is 2.